The Morgan fingerprint density at radius 3 is 2.62 bits per heavy atom. The molecule has 3 rings (SSSR count). The predicted octanol–water partition coefficient (Wildman–Crippen LogP) is 4.09. The van der Waals surface area contributed by atoms with Crippen LogP contribution in [-0.4, -0.2) is 50.2 Å². The normalized spacial score (nSPS) is 24.4. The molecule has 1 fully saturated rings. The number of benzene rings is 1. The number of allylic oxidation sites excluding steroid dienone is 3. The van der Waals surface area contributed by atoms with Crippen LogP contribution in [0.3, 0.4) is 0 Å². The quantitative estimate of drug-likeness (QED) is 0.381. The Bertz CT molecular complexity index is 805. The van der Waals surface area contributed by atoms with Gasteiger partial charge in [-0.2, -0.15) is 0 Å². The lowest BCUT2D eigenvalue weighted by Crippen LogP contribution is -2.44. The highest BCUT2D eigenvalue weighted by atomic mass is 35.5. The van der Waals surface area contributed by atoms with E-state index in [1.54, 1.807) is 0 Å². The maximum Gasteiger partial charge on any atom is 0.330 e. The molecular weight excluding hydrogens is 390 g/mol. The van der Waals surface area contributed by atoms with E-state index in [0.717, 1.165) is 23.7 Å². The van der Waals surface area contributed by atoms with Crippen molar-refractivity contribution in [2.24, 2.45) is 5.41 Å². The van der Waals surface area contributed by atoms with Crippen LogP contribution in [0.15, 0.2) is 66.9 Å². The molecule has 0 saturated carbocycles. The fourth-order valence-electron chi connectivity index (χ4n) is 2.94. The van der Waals surface area contributed by atoms with Crippen molar-refractivity contribution < 1.29 is 19.0 Å². The number of alkyl halides is 1. The zero-order valence-electron chi connectivity index (χ0n) is 16.6. The molecule has 2 heterocycles. The lowest BCUT2D eigenvalue weighted by molar-refractivity contribution is -0.237. The molecule has 2 aliphatic rings. The molecule has 0 aliphatic carbocycles. The molecule has 0 spiro atoms. The van der Waals surface area contributed by atoms with Crippen LogP contribution >= 0.6 is 11.6 Å². The Morgan fingerprint density at radius 1 is 1.31 bits per heavy atom. The number of carbonyl (C=O) groups is 1. The SMILES string of the molecule is C=CC(=O)OCC1(CCl)COC(c2ccc(C=CC3=CCN(C)C=C3)cc2)OC1. The molecule has 2 aliphatic heterocycles. The van der Waals surface area contributed by atoms with Gasteiger partial charge in [-0.1, -0.05) is 49.1 Å². The van der Waals surface area contributed by atoms with E-state index < -0.39 is 17.7 Å². The molecule has 0 unspecified atom stereocenters. The van der Waals surface area contributed by atoms with Crippen LogP contribution in [0.2, 0.25) is 0 Å². The van der Waals surface area contributed by atoms with Crippen LogP contribution in [0.5, 0.6) is 0 Å². The number of rotatable bonds is 7. The summed E-state index contributed by atoms with van der Waals surface area (Å²) in [5, 5.41) is 0. The van der Waals surface area contributed by atoms with Gasteiger partial charge < -0.3 is 19.1 Å². The number of esters is 1. The topological polar surface area (TPSA) is 48.0 Å². The molecule has 154 valence electrons. The molecule has 0 amide bonds. The summed E-state index contributed by atoms with van der Waals surface area (Å²) < 4.78 is 16.9. The molecule has 0 N–H and O–H groups in total. The fraction of sp³-hybridized carbons (Fsp3) is 0.348. The van der Waals surface area contributed by atoms with E-state index in [4.69, 9.17) is 25.8 Å². The van der Waals surface area contributed by atoms with Crippen LogP contribution < -0.4 is 0 Å². The number of ether oxygens (including phenoxy) is 3. The van der Waals surface area contributed by atoms with E-state index in [1.165, 1.54) is 5.57 Å². The Labute approximate surface area is 176 Å². The lowest BCUT2D eigenvalue weighted by Gasteiger charge is -2.38. The van der Waals surface area contributed by atoms with Crippen molar-refractivity contribution >= 4 is 23.6 Å². The molecule has 0 radical (unpaired) electrons. The highest BCUT2D eigenvalue weighted by Crippen LogP contribution is 2.33. The molecular formula is C23H26ClNO4. The highest BCUT2D eigenvalue weighted by Gasteiger charge is 2.38. The molecule has 1 aromatic rings. The number of halogens is 1. The molecule has 5 nitrogen and oxygen atoms in total. The third-order valence-electron chi connectivity index (χ3n) is 4.87. The van der Waals surface area contributed by atoms with Gasteiger partial charge in [-0.15, -0.1) is 11.6 Å². The second kappa shape index (κ2) is 9.92. The van der Waals surface area contributed by atoms with Crippen molar-refractivity contribution in [2.45, 2.75) is 6.29 Å². The van der Waals surface area contributed by atoms with Crippen LogP contribution in [-0.2, 0) is 19.0 Å². The fourth-order valence-corrected chi connectivity index (χ4v) is 3.17. The van der Waals surface area contributed by atoms with Crippen molar-refractivity contribution in [3.05, 3.63) is 78.0 Å². The Morgan fingerprint density at radius 2 is 2.03 bits per heavy atom. The summed E-state index contributed by atoms with van der Waals surface area (Å²) in [6, 6.07) is 8.06. The molecule has 1 aromatic carbocycles. The second-order valence-corrected chi connectivity index (χ2v) is 7.63. The molecule has 0 aromatic heterocycles. The third-order valence-corrected chi connectivity index (χ3v) is 5.43. The van der Waals surface area contributed by atoms with E-state index in [9.17, 15) is 4.79 Å². The maximum atomic E-state index is 11.3. The summed E-state index contributed by atoms with van der Waals surface area (Å²) in [5.41, 5.74) is 2.69. The van der Waals surface area contributed by atoms with Crippen LogP contribution in [0, 0.1) is 5.41 Å². The van der Waals surface area contributed by atoms with E-state index in [2.05, 4.69) is 42.0 Å². The number of carbonyl (C=O) groups excluding carboxylic acids is 1. The molecule has 0 atom stereocenters. The van der Waals surface area contributed by atoms with Crippen molar-refractivity contribution in [2.75, 3.05) is 39.3 Å². The Kier molecular flexibility index (Phi) is 7.31. The van der Waals surface area contributed by atoms with E-state index in [0.29, 0.717) is 13.2 Å². The summed E-state index contributed by atoms with van der Waals surface area (Å²) >= 11 is 6.09. The van der Waals surface area contributed by atoms with Crippen molar-refractivity contribution in [1.82, 2.24) is 4.90 Å². The zero-order valence-corrected chi connectivity index (χ0v) is 17.3. The van der Waals surface area contributed by atoms with Crippen molar-refractivity contribution in [3.8, 4) is 0 Å². The van der Waals surface area contributed by atoms with Crippen molar-refractivity contribution in [3.63, 3.8) is 0 Å². The largest absolute Gasteiger partial charge is 0.462 e. The predicted molar refractivity (Wildman–Crippen MR) is 114 cm³/mol. The van der Waals surface area contributed by atoms with E-state index in [-0.39, 0.29) is 12.5 Å². The van der Waals surface area contributed by atoms with Crippen LogP contribution in [0.25, 0.3) is 6.08 Å². The number of hydrogen-bond acceptors (Lipinski definition) is 5. The van der Waals surface area contributed by atoms with Crippen LogP contribution in [0.1, 0.15) is 17.4 Å². The van der Waals surface area contributed by atoms with Gasteiger partial charge in [0.2, 0.25) is 0 Å². The second-order valence-electron chi connectivity index (χ2n) is 7.36. The molecule has 0 bridgehead atoms. The third kappa shape index (κ3) is 5.82. The minimum Gasteiger partial charge on any atom is -0.462 e. The standard InChI is InChI=1S/C23H26ClNO4/c1-3-21(26)27-15-23(14-24)16-28-22(29-17-23)20-8-6-18(7-9-20)4-5-19-10-12-25(2)13-11-19/h3-12,22H,1,13-17H2,2H3. The summed E-state index contributed by atoms with van der Waals surface area (Å²) in [5.74, 6) is -0.208. The summed E-state index contributed by atoms with van der Waals surface area (Å²) in [7, 11) is 2.05. The van der Waals surface area contributed by atoms with Gasteiger partial charge in [-0.3, -0.25) is 0 Å². The summed E-state index contributed by atoms with van der Waals surface area (Å²) in [6.07, 6.45) is 11.2. The lowest BCUT2D eigenvalue weighted by atomic mass is 9.93. The van der Waals surface area contributed by atoms with Crippen LogP contribution in [0.4, 0.5) is 0 Å². The van der Waals surface area contributed by atoms with Gasteiger partial charge >= 0.3 is 5.97 Å². The first-order chi connectivity index (χ1) is 14.0. The summed E-state index contributed by atoms with van der Waals surface area (Å²) in [6.45, 7) is 5.15. The van der Waals surface area contributed by atoms with E-state index in [1.807, 2.05) is 31.3 Å². The maximum absolute atomic E-state index is 11.3. The minimum atomic E-state index is -0.547. The van der Waals surface area contributed by atoms with Gasteiger partial charge in [0.15, 0.2) is 6.29 Å². The smallest absolute Gasteiger partial charge is 0.330 e. The molecule has 29 heavy (non-hydrogen) atoms. The zero-order chi connectivity index (χ0) is 20.7. The first kappa shape index (κ1) is 21.4. The van der Waals surface area contributed by atoms with Gasteiger partial charge in [0.05, 0.1) is 18.6 Å². The first-order valence-electron chi connectivity index (χ1n) is 9.49. The Balaban J connectivity index is 1.55. The average molecular weight is 416 g/mol. The van der Waals surface area contributed by atoms with Gasteiger partial charge in [0, 0.05) is 31.1 Å². The number of nitrogens with zero attached hydrogens (tertiary/aromatic N) is 1. The van der Waals surface area contributed by atoms with Gasteiger partial charge in [0.1, 0.15) is 6.61 Å². The first-order valence-corrected chi connectivity index (χ1v) is 10.0. The average Bonchev–Trinajstić information content (AvgIpc) is 2.78. The molecule has 6 heteroatoms. The highest BCUT2D eigenvalue weighted by molar-refractivity contribution is 6.18. The number of likely N-dealkylation sites (N-methyl/N-ethyl adjacent to an activating group) is 1. The summed E-state index contributed by atoms with van der Waals surface area (Å²) in [4.78, 5) is 13.4. The van der Waals surface area contributed by atoms with E-state index >= 15 is 0 Å². The minimum absolute atomic E-state index is 0.137. The number of hydrogen-bond donors (Lipinski definition) is 0. The monoisotopic (exact) mass is 415 g/mol. The van der Waals surface area contributed by atoms with Gasteiger partial charge in [-0.25, -0.2) is 4.79 Å². The van der Waals surface area contributed by atoms with Crippen molar-refractivity contribution in [1.29, 1.82) is 0 Å². The van der Waals surface area contributed by atoms with Gasteiger partial charge in [-0.05, 0) is 23.4 Å². The Hall–Kier alpha value is -2.34. The van der Waals surface area contributed by atoms with Gasteiger partial charge in [0.25, 0.3) is 0 Å². The molecule has 1 saturated heterocycles.